The Hall–Kier alpha value is -3.35. The highest BCUT2D eigenvalue weighted by Gasteiger charge is 2.15. The highest BCUT2D eigenvalue weighted by atomic mass is 19.1. The smallest absolute Gasteiger partial charge is 0.251 e. The summed E-state index contributed by atoms with van der Waals surface area (Å²) in [5.74, 6) is -0.534. The number of nitrogens with zero attached hydrogens (tertiary/aromatic N) is 2. The maximum absolute atomic E-state index is 14.4. The van der Waals surface area contributed by atoms with Crippen molar-refractivity contribution in [1.29, 1.82) is 0 Å². The molecule has 1 saturated heterocycles. The molecule has 1 heterocycles. The third-order valence-corrected chi connectivity index (χ3v) is 6.01. The summed E-state index contributed by atoms with van der Waals surface area (Å²) in [7, 11) is 2.13. The van der Waals surface area contributed by atoms with Crippen LogP contribution in [0.25, 0.3) is 11.1 Å². The number of carbonyl (C=O) groups is 2. The molecule has 1 aliphatic heterocycles. The summed E-state index contributed by atoms with van der Waals surface area (Å²) < 4.78 is 14.4. The lowest BCUT2D eigenvalue weighted by Gasteiger charge is -2.32. The molecule has 3 aromatic carbocycles. The molecule has 1 aliphatic rings. The number of aldehydes is 1. The van der Waals surface area contributed by atoms with Crippen LogP contribution in [0.2, 0.25) is 0 Å². The third kappa shape index (κ3) is 5.92. The monoisotopic (exact) mass is 445 g/mol. The number of likely N-dealkylation sites (N-methyl/N-ethyl adjacent to an activating group) is 1. The predicted octanol–water partition coefficient (Wildman–Crippen LogP) is 3.98. The van der Waals surface area contributed by atoms with E-state index in [-0.39, 0.29) is 18.3 Å². The molecule has 0 saturated carbocycles. The fourth-order valence-electron chi connectivity index (χ4n) is 4.04. The Bertz CT molecular complexity index is 1140. The van der Waals surface area contributed by atoms with Gasteiger partial charge >= 0.3 is 0 Å². The lowest BCUT2D eigenvalue weighted by Crippen LogP contribution is -2.43. The minimum Gasteiger partial charge on any atom is -0.348 e. The van der Waals surface area contributed by atoms with Gasteiger partial charge < -0.3 is 10.2 Å². The summed E-state index contributed by atoms with van der Waals surface area (Å²) in [6, 6.07) is 19.3. The third-order valence-electron chi connectivity index (χ3n) is 6.01. The number of benzene rings is 3. The molecule has 0 unspecified atom stereocenters. The average Bonchev–Trinajstić information content (AvgIpc) is 2.85. The van der Waals surface area contributed by atoms with Crippen LogP contribution in [0, 0.1) is 5.82 Å². The first-order valence-corrected chi connectivity index (χ1v) is 11.1. The van der Waals surface area contributed by atoms with E-state index in [9.17, 15) is 14.0 Å². The second-order valence-electron chi connectivity index (χ2n) is 8.52. The van der Waals surface area contributed by atoms with Crippen molar-refractivity contribution < 1.29 is 14.0 Å². The summed E-state index contributed by atoms with van der Waals surface area (Å²) in [4.78, 5) is 28.5. The first-order chi connectivity index (χ1) is 16.0. The lowest BCUT2D eigenvalue weighted by molar-refractivity contribution is 0.0950. The topological polar surface area (TPSA) is 52.6 Å². The Kier molecular flexibility index (Phi) is 7.27. The first-order valence-electron chi connectivity index (χ1n) is 11.1. The predicted molar refractivity (Wildman–Crippen MR) is 128 cm³/mol. The molecule has 33 heavy (non-hydrogen) atoms. The number of amides is 1. The Balaban J connectivity index is 1.41. The van der Waals surface area contributed by atoms with Crippen LogP contribution in [0.3, 0.4) is 0 Å². The maximum Gasteiger partial charge on any atom is 0.251 e. The van der Waals surface area contributed by atoms with E-state index in [1.807, 2.05) is 18.2 Å². The van der Waals surface area contributed by atoms with Gasteiger partial charge in [0.05, 0.1) is 0 Å². The van der Waals surface area contributed by atoms with E-state index in [1.165, 1.54) is 6.07 Å². The number of hydrogen-bond acceptors (Lipinski definition) is 4. The SMILES string of the molecule is CN1CCN(Cc2cccc(C(=O)NCc3ccc(F)c(-c4cccc(C=O)c4)c3)c2)CC1. The molecule has 1 fully saturated rings. The molecule has 0 atom stereocenters. The largest absolute Gasteiger partial charge is 0.348 e. The van der Waals surface area contributed by atoms with Gasteiger partial charge in [0.25, 0.3) is 5.91 Å². The Labute approximate surface area is 193 Å². The molecule has 5 nitrogen and oxygen atoms in total. The average molecular weight is 446 g/mol. The van der Waals surface area contributed by atoms with Gasteiger partial charge in [-0.1, -0.05) is 36.4 Å². The second kappa shape index (κ2) is 10.5. The van der Waals surface area contributed by atoms with Crippen molar-refractivity contribution >= 4 is 12.2 Å². The van der Waals surface area contributed by atoms with Crippen LogP contribution in [-0.4, -0.2) is 55.2 Å². The molecule has 1 amide bonds. The number of rotatable bonds is 7. The van der Waals surface area contributed by atoms with Gasteiger partial charge in [0.2, 0.25) is 0 Å². The Morgan fingerprint density at radius 1 is 0.970 bits per heavy atom. The van der Waals surface area contributed by atoms with Gasteiger partial charge in [-0.3, -0.25) is 14.5 Å². The number of halogens is 1. The lowest BCUT2D eigenvalue weighted by atomic mass is 10.0. The summed E-state index contributed by atoms with van der Waals surface area (Å²) in [5.41, 5.74) is 4.03. The molecule has 0 radical (unpaired) electrons. The van der Waals surface area contributed by atoms with Gasteiger partial charge in [-0.05, 0) is 54.1 Å². The summed E-state index contributed by atoms with van der Waals surface area (Å²) >= 11 is 0. The molecule has 6 heteroatoms. The van der Waals surface area contributed by atoms with Gasteiger partial charge in [0.15, 0.2) is 0 Å². The molecule has 3 aromatic rings. The number of carbonyl (C=O) groups excluding carboxylic acids is 2. The van der Waals surface area contributed by atoms with E-state index in [0.717, 1.165) is 50.1 Å². The normalized spacial score (nSPS) is 14.7. The number of piperazine rings is 1. The minimum atomic E-state index is -0.371. The molecule has 170 valence electrons. The fraction of sp³-hybridized carbons (Fsp3) is 0.259. The maximum atomic E-state index is 14.4. The van der Waals surface area contributed by atoms with Crippen molar-refractivity contribution in [1.82, 2.24) is 15.1 Å². The number of hydrogen-bond donors (Lipinski definition) is 1. The second-order valence-corrected chi connectivity index (χ2v) is 8.52. The zero-order valence-electron chi connectivity index (χ0n) is 18.8. The van der Waals surface area contributed by atoms with E-state index in [1.54, 1.807) is 36.4 Å². The highest BCUT2D eigenvalue weighted by Crippen LogP contribution is 2.25. The molecule has 4 rings (SSSR count). The first kappa shape index (κ1) is 22.8. The zero-order chi connectivity index (χ0) is 23.2. The van der Waals surface area contributed by atoms with Crippen molar-refractivity contribution in [3.05, 3.63) is 94.8 Å². The van der Waals surface area contributed by atoms with Crippen molar-refractivity contribution in [3.8, 4) is 11.1 Å². The molecule has 0 aliphatic carbocycles. The standard InChI is InChI=1S/C27H28FN3O2/c1-30-10-12-31(13-11-30)18-21-4-2-7-24(14-21)27(33)29-17-20-8-9-26(28)25(16-20)23-6-3-5-22(15-23)19-32/h2-9,14-16,19H,10-13,17-18H2,1H3,(H,29,33). The number of nitrogens with one attached hydrogen (secondary N) is 1. The minimum absolute atomic E-state index is 0.163. The van der Waals surface area contributed by atoms with Crippen LogP contribution in [0.1, 0.15) is 31.8 Å². The van der Waals surface area contributed by atoms with Crippen molar-refractivity contribution in [2.45, 2.75) is 13.1 Å². The van der Waals surface area contributed by atoms with Crippen LogP contribution in [0.4, 0.5) is 4.39 Å². The Morgan fingerprint density at radius 3 is 2.55 bits per heavy atom. The summed E-state index contributed by atoms with van der Waals surface area (Å²) in [5, 5.41) is 2.93. The molecule has 0 bridgehead atoms. The molecule has 0 aromatic heterocycles. The Morgan fingerprint density at radius 2 is 1.76 bits per heavy atom. The van der Waals surface area contributed by atoms with Gasteiger partial charge in [-0.25, -0.2) is 4.39 Å². The fourth-order valence-corrected chi connectivity index (χ4v) is 4.04. The van der Waals surface area contributed by atoms with E-state index in [0.29, 0.717) is 22.3 Å². The van der Waals surface area contributed by atoms with Gasteiger partial charge in [-0.2, -0.15) is 0 Å². The van der Waals surface area contributed by atoms with Crippen LogP contribution in [-0.2, 0) is 13.1 Å². The van der Waals surface area contributed by atoms with Crippen LogP contribution in [0.5, 0.6) is 0 Å². The van der Waals surface area contributed by atoms with Gasteiger partial charge in [-0.15, -0.1) is 0 Å². The van der Waals surface area contributed by atoms with Crippen molar-refractivity contribution in [2.75, 3.05) is 33.2 Å². The molecule has 0 spiro atoms. The quantitative estimate of drug-likeness (QED) is 0.559. The van der Waals surface area contributed by atoms with Gasteiger partial charge in [0.1, 0.15) is 12.1 Å². The summed E-state index contributed by atoms with van der Waals surface area (Å²) in [6.07, 6.45) is 0.739. The van der Waals surface area contributed by atoms with Crippen molar-refractivity contribution in [3.63, 3.8) is 0 Å². The molecular weight excluding hydrogens is 417 g/mol. The van der Waals surface area contributed by atoms with E-state index >= 15 is 0 Å². The van der Waals surface area contributed by atoms with Crippen LogP contribution in [0.15, 0.2) is 66.7 Å². The molecule has 1 N–H and O–H groups in total. The summed E-state index contributed by atoms with van der Waals surface area (Å²) in [6.45, 7) is 5.27. The van der Waals surface area contributed by atoms with Gasteiger partial charge in [0, 0.05) is 56.0 Å². The van der Waals surface area contributed by atoms with E-state index in [2.05, 4.69) is 28.2 Å². The zero-order valence-corrected chi connectivity index (χ0v) is 18.8. The molecular formula is C27H28FN3O2. The van der Waals surface area contributed by atoms with Crippen LogP contribution >= 0.6 is 0 Å². The van der Waals surface area contributed by atoms with Crippen LogP contribution < -0.4 is 5.32 Å². The van der Waals surface area contributed by atoms with Crippen molar-refractivity contribution in [2.24, 2.45) is 0 Å². The highest BCUT2D eigenvalue weighted by molar-refractivity contribution is 5.94. The van der Waals surface area contributed by atoms with E-state index in [4.69, 9.17) is 0 Å². The van der Waals surface area contributed by atoms with E-state index < -0.39 is 0 Å².